The van der Waals surface area contributed by atoms with Gasteiger partial charge in [0.05, 0.1) is 24.4 Å². The van der Waals surface area contributed by atoms with Gasteiger partial charge in [0.15, 0.2) is 0 Å². The highest BCUT2D eigenvalue weighted by atomic mass is 16.5. The van der Waals surface area contributed by atoms with Crippen molar-refractivity contribution in [2.24, 2.45) is 5.73 Å². The summed E-state index contributed by atoms with van der Waals surface area (Å²) in [6.07, 6.45) is 3.41. The highest BCUT2D eigenvalue weighted by molar-refractivity contribution is 5.86. The minimum atomic E-state index is -0.676. The Bertz CT molecular complexity index is 528. The Morgan fingerprint density at radius 2 is 2.14 bits per heavy atom. The lowest BCUT2D eigenvalue weighted by Gasteiger charge is -2.37. The van der Waals surface area contributed by atoms with Crippen LogP contribution in [0.15, 0.2) is 18.2 Å². The SMILES string of the molecule is Nc1cccc([C@@H]2CN(C(=O)C3(N)CCCC3)CCO2)n1. The molecule has 0 bridgehead atoms. The molecule has 6 nitrogen and oxygen atoms in total. The third-order valence-corrected chi connectivity index (χ3v) is 4.40. The highest BCUT2D eigenvalue weighted by Gasteiger charge is 2.41. The van der Waals surface area contributed by atoms with Crippen LogP contribution in [0.5, 0.6) is 0 Å². The fourth-order valence-electron chi connectivity index (χ4n) is 3.20. The van der Waals surface area contributed by atoms with Crippen LogP contribution in [0.25, 0.3) is 0 Å². The second-order valence-corrected chi connectivity index (χ2v) is 5.96. The van der Waals surface area contributed by atoms with Gasteiger partial charge in [-0.15, -0.1) is 0 Å². The number of amides is 1. The molecule has 3 rings (SSSR count). The largest absolute Gasteiger partial charge is 0.384 e. The zero-order valence-corrected chi connectivity index (χ0v) is 12.1. The number of carbonyl (C=O) groups is 1. The van der Waals surface area contributed by atoms with Gasteiger partial charge in [-0.2, -0.15) is 0 Å². The predicted molar refractivity (Wildman–Crippen MR) is 79.3 cm³/mol. The van der Waals surface area contributed by atoms with E-state index in [2.05, 4.69) is 4.98 Å². The van der Waals surface area contributed by atoms with Crippen LogP contribution in [0.3, 0.4) is 0 Å². The van der Waals surface area contributed by atoms with Crippen molar-refractivity contribution >= 4 is 11.7 Å². The molecular weight excluding hydrogens is 268 g/mol. The summed E-state index contributed by atoms with van der Waals surface area (Å²) in [6, 6.07) is 5.47. The van der Waals surface area contributed by atoms with Crippen LogP contribution in [0.2, 0.25) is 0 Å². The molecule has 2 fully saturated rings. The summed E-state index contributed by atoms with van der Waals surface area (Å²) in [5.41, 5.74) is 12.1. The van der Waals surface area contributed by atoms with Crippen molar-refractivity contribution < 1.29 is 9.53 Å². The van der Waals surface area contributed by atoms with Crippen LogP contribution in [0.4, 0.5) is 5.82 Å². The molecule has 1 aliphatic heterocycles. The van der Waals surface area contributed by atoms with E-state index in [1.165, 1.54) is 0 Å². The minimum absolute atomic E-state index is 0.0530. The van der Waals surface area contributed by atoms with Gasteiger partial charge in [-0.3, -0.25) is 4.79 Å². The molecule has 1 saturated heterocycles. The van der Waals surface area contributed by atoms with E-state index in [9.17, 15) is 4.79 Å². The predicted octanol–water partition coefficient (Wildman–Crippen LogP) is 0.835. The number of nitrogen functional groups attached to an aromatic ring is 1. The Balaban J connectivity index is 1.72. The number of hydrogen-bond acceptors (Lipinski definition) is 5. The van der Waals surface area contributed by atoms with Crippen molar-refractivity contribution in [3.63, 3.8) is 0 Å². The van der Waals surface area contributed by atoms with Gasteiger partial charge in [0, 0.05) is 6.54 Å². The van der Waals surface area contributed by atoms with Crippen molar-refractivity contribution in [3.05, 3.63) is 23.9 Å². The molecule has 0 unspecified atom stereocenters. The maximum absolute atomic E-state index is 12.7. The monoisotopic (exact) mass is 290 g/mol. The number of morpholine rings is 1. The summed E-state index contributed by atoms with van der Waals surface area (Å²) in [6.45, 7) is 1.59. The molecule has 2 heterocycles. The number of hydrogen-bond donors (Lipinski definition) is 2. The van der Waals surface area contributed by atoms with Crippen molar-refractivity contribution in [2.75, 3.05) is 25.4 Å². The van der Waals surface area contributed by atoms with Crippen LogP contribution in [-0.4, -0.2) is 41.0 Å². The average molecular weight is 290 g/mol. The van der Waals surface area contributed by atoms with Crippen molar-refractivity contribution in [1.29, 1.82) is 0 Å². The summed E-state index contributed by atoms with van der Waals surface area (Å²) in [4.78, 5) is 18.8. The van der Waals surface area contributed by atoms with Crippen molar-refractivity contribution in [1.82, 2.24) is 9.88 Å². The molecular formula is C15H22N4O2. The Morgan fingerprint density at radius 1 is 1.38 bits per heavy atom. The first-order chi connectivity index (χ1) is 10.1. The summed E-state index contributed by atoms with van der Waals surface area (Å²) in [7, 11) is 0. The van der Waals surface area contributed by atoms with Gasteiger partial charge in [-0.1, -0.05) is 18.9 Å². The van der Waals surface area contributed by atoms with Crippen LogP contribution < -0.4 is 11.5 Å². The van der Waals surface area contributed by atoms with E-state index in [0.29, 0.717) is 25.5 Å². The summed E-state index contributed by atoms with van der Waals surface area (Å²) >= 11 is 0. The average Bonchev–Trinajstić information content (AvgIpc) is 2.95. The summed E-state index contributed by atoms with van der Waals surface area (Å²) < 4.78 is 5.74. The first-order valence-corrected chi connectivity index (χ1v) is 7.51. The molecule has 21 heavy (non-hydrogen) atoms. The van der Waals surface area contributed by atoms with Gasteiger partial charge in [0.2, 0.25) is 5.91 Å². The lowest BCUT2D eigenvalue weighted by Crippen LogP contribution is -2.56. The number of aromatic nitrogens is 1. The van der Waals surface area contributed by atoms with Crippen LogP contribution in [0, 0.1) is 0 Å². The molecule has 1 aromatic rings. The van der Waals surface area contributed by atoms with Gasteiger partial charge in [0.25, 0.3) is 0 Å². The first kappa shape index (κ1) is 14.3. The lowest BCUT2D eigenvalue weighted by atomic mass is 9.96. The molecule has 6 heteroatoms. The van der Waals surface area contributed by atoms with Crippen LogP contribution in [-0.2, 0) is 9.53 Å². The number of nitrogens with two attached hydrogens (primary N) is 2. The maximum atomic E-state index is 12.7. The van der Waals surface area contributed by atoms with E-state index in [0.717, 1.165) is 31.4 Å². The number of nitrogens with zero attached hydrogens (tertiary/aromatic N) is 2. The molecule has 1 amide bonds. The molecule has 0 aromatic carbocycles. The molecule has 1 aliphatic carbocycles. The van der Waals surface area contributed by atoms with E-state index in [1.54, 1.807) is 6.07 Å². The Labute approximate surface area is 124 Å². The third-order valence-electron chi connectivity index (χ3n) is 4.40. The van der Waals surface area contributed by atoms with Gasteiger partial charge in [0.1, 0.15) is 11.9 Å². The molecule has 0 radical (unpaired) electrons. The molecule has 1 saturated carbocycles. The summed E-state index contributed by atoms with van der Waals surface area (Å²) in [5, 5.41) is 0. The molecule has 1 atom stereocenters. The smallest absolute Gasteiger partial charge is 0.242 e. The fraction of sp³-hybridized carbons (Fsp3) is 0.600. The van der Waals surface area contributed by atoms with Crippen LogP contribution in [0.1, 0.15) is 37.5 Å². The number of ether oxygens (including phenoxy) is 1. The fourth-order valence-corrected chi connectivity index (χ4v) is 3.20. The molecule has 4 N–H and O–H groups in total. The van der Waals surface area contributed by atoms with E-state index >= 15 is 0 Å². The minimum Gasteiger partial charge on any atom is -0.384 e. The quantitative estimate of drug-likeness (QED) is 0.841. The van der Waals surface area contributed by atoms with E-state index < -0.39 is 5.54 Å². The Kier molecular flexibility index (Phi) is 3.82. The molecule has 2 aliphatic rings. The number of carbonyl (C=O) groups excluding carboxylic acids is 1. The Hall–Kier alpha value is -1.66. The Morgan fingerprint density at radius 3 is 2.86 bits per heavy atom. The topological polar surface area (TPSA) is 94.5 Å². The second kappa shape index (κ2) is 5.61. The second-order valence-electron chi connectivity index (χ2n) is 5.96. The first-order valence-electron chi connectivity index (χ1n) is 7.51. The van der Waals surface area contributed by atoms with E-state index in [1.807, 2.05) is 17.0 Å². The summed E-state index contributed by atoms with van der Waals surface area (Å²) in [5.74, 6) is 0.517. The van der Waals surface area contributed by atoms with Crippen molar-refractivity contribution in [2.45, 2.75) is 37.3 Å². The number of rotatable bonds is 2. The third kappa shape index (κ3) is 2.87. The van der Waals surface area contributed by atoms with Crippen molar-refractivity contribution in [3.8, 4) is 0 Å². The normalized spacial score (nSPS) is 25.0. The highest BCUT2D eigenvalue weighted by Crippen LogP contribution is 2.31. The zero-order valence-electron chi connectivity index (χ0n) is 12.1. The van der Waals surface area contributed by atoms with E-state index in [4.69, 9.17) is 16.2 Å². The van der Waals surface area contributed by atoms with Gasteiger partial charge >= 0.3 is 0 Å². The number of pyridine rings is 1. The molecule has 0 spiro atoms. The molecule has 114 valence electrons. The standard InChI is InChI=1S/C15H22N4O2/c16-13-5-3-4-11(18-13)12-10-19(8-9-21-12)14(20)15(17)6-1-2-7-15/h3-5,12H,1-2,6-10,17H2,(H2,16,18)/t12-/m0/s1. The zero-order chi connectivity index (χ0) is 14.9. The van der Waals surface area contributed by atoms with Gasteiger partial charge in [-0.25, -0.2) is 4.98 Å². The van der Waals surface area contributed by atoms with Crippen LogP contribution >= 0.6 is 0 Å². The number of anilines is 1. The maximum Gasteiger partial charge on any atom is 0.242 e. The molecule has 1 aromatic heterocycles. The van der Waals surface area contributed by atoms with E-state index in [-0.39, 0.29) is 12.0 Å². The lowest BCUT2D eigenvalue weighted by molar-refractivity contribution is -0.144. The van der Waals surface area contributed by atoms with Gasteiger partial charge in [-0.05, 0) is 25.0 Å². The van der Waals surface area contributed by atoms with Gasteiger partial charge < -0.3 is 21.1 Å².